The van der Waals surface area contributed by atoms with Crippen LogP contribution < -0.4 is 0 Å². The maximum absolute atomic E-state index is 12.2. The van der Waals surface area contributed by atoms with E-state index < -0.39 is 11.6 Å². The summed E-state index contributed by atoms with van der Waals surface area (Å²) in [5, 5.41) is 10.9. The first-order valence-corrected chi connectivity index (χ1v) is 6.90. The highest BCUT2D eigenvalue weighted by atomic mass is 16.6. The number of tetrazole rings is 1. The lowest BCUT2D eigenvalue weighted by atomic mass is 10.1. The van der Waals surface area contributed by atoms with Crippen LogP contribution in [0.15, 0.2) is 30.3 Å². The summed E-state index contributed by atoms with van der Waals surface area (Å²) < 4.78 is 6.36. The van der Waals surface area contributed by atoms with Crippen LogP contribution in [0, 0.1) is 0 Å². The second-order valence-electron chi connectivity index (χ2n) is 5.83. The SMILES string of the molecule is CC(C)(C)OC(=O)Cn1nnnc1C(=O)Cc1ccccc1. The number of nitrogens with zero attached hydrogens (tertiary/aromatic N) is 4. The number of carbonyl (C=O) groups is 2. The summed E-state index contributed by atoms with van der Waals surface area (Å²) in [4.78, 5) is 24.1. The van der Waals surface area contributed by atoms with Gasteiger partial charge in [-0.1, -0.05) is 30.3 Å². The predicted molar refractivity (Wildman–Crippen MR) is 78.1 cm³/mol. The fourth-order valence-electron chi connectivity index (χ4n) is 1.87. The number of hydrogen-bond donors (Lipinski definition) is 0. The van der Waals surface area contributed by atoms with Gasteiger partial charge >= 0.3 is 5.97 Å². The average molecular weight is 302 g/mol. The van der Waals surface area contributed by atoms with E-state index in [2.05, 4.69) is 15.5 Å². The number of benzene rings is 1. The van der Waals surface area contributed by atoms with Crippen molar-refractivity contribution >= 4 is 11.8 Å². The van der Waals surface area contributed by atoms with E-state index in [1.807, 2.05) is 30.3 Å². The molecular weight excluding hydrogens is 284 g/mol. The Hall–Kier alpha value is -2.57. The number of aromatic nitrogens is 4. The highest BCUT2D eigenvalue weighted by Crippen LogP contribution is 2.09. The molecule has 0 unspecified atom stereocenters. The molecule has 0 atom stereocenters. The Morgan fingerprint density at radius 3 is 2.50 bits per heavy atom. The molecule has 0 aliphatic heterocycles. The summed E-state index contributed by atoms with van der Waals surface area (Å²) in [7, 11) is 0. The van der Waals surface area contributed by atoms with Crippen molar-refractivity contribution in [3.63, 3.8) is 0 Å². The van der Waals surface area contributed by atoms with Crippen molar-refractivity contribution in [2.75, 3.05) is 0 Å². The first kappa shape index (κ1) is 15.8. The van der Waals surface area contributed by atoms with E-state index in [4.69, 9.17) is 4.74 Å². The molecule has 0 bridgehead atoms. The van der Waals surface area contributed by atoms with Crippen LogP contribution in [0.5, 0.6) is 0 Å². The van der Waals surface area contributed by atoms with E-state index in [9.17, 15) is 9.59 Å². The van der Waals surface area contributed by atoms with E-state index in [1.165, 1.54) is 4.68 Å². The molecule has 1 heterocycles. The number of esters is 1. The summed E-state index contributed by atoms with van der Waals surface area (Å²) in [6.07, 6.45) is 0.176. The highest BCUT2D eigenvalue weighted by Gasteiger charge is 2.21. The Morgan fingerprint density at radius 2 is 1.86 bits per heavy atom. The maximum atomic E-state index is 12.2. The molecule has 0 saturated heterocycles. The van der Waals surface area contributed by atoms with Crippen LogP contribution in [0.2, 0.25) is 0 Å². The third-order valence-corrected chi connectivity index (χ3v) is 2.69. The quantitative estimate of drug-likeness (QED) is 0.613. The molecule has 22 heavy (non-hydrogen) atoms. The number of hydrogen-bond acceptors (Lipinski definition) is 6. The van der Waals surface area contributed by atoms with Gasteiger partial charge in [0.2, 0.25) is 11.6 Å². The third-order valence-electron chi connectivity index (χ3n) is 2.69. The molecule has 0 spiro atoms. The molecule has 1 aromatic carbocycles. The zero-order valence-corrected chi connectivity index (χ0v) is 12.8. The minimum absolute atomic E-state index is 0.0507. The molecule has 0 saturated carbocycles. The normalized spacial score (nSPS) is 11.2. The monoisotopic (exact) mass is 302 g/mol. The van der Waals surface area contributed by atoms with Gasteiger partial charge < -0.3 is 4.74 Å². The van der Waals surface area contributed by atoms with Crippen LogP contribution in [-0.2, 0) is 22.5 Å². The van der Waals surface area contributed by atoms with Gasteiger partial charge in [0.25, 0.3) is 0 Å². The molecule has 116 valence electrons. The van der Waals surface area contributed by atoms with Crippen LogP contribution in [0.4, 0.5) is 0 Å². The van der Waals surface area contributed by atoms with Crippen molar-refractivity contribution in [3.05, 3.63) is 41.7 Å². The smallest absolute Gasteiger partial charge is 0.328 e. The van der Waals surface area contributed by atoms with E-state index in [1.54, 1.807) is 20.8 Å². The molecule has 2 aromatic rings. The molecule has 0 N–H and O–H groups in total. The van der Waals surface area contributed by atoms with Crippen molar-refractivity contribution in [1.29, 1.82) is 0 Å². The van der Waals surface area contributed by atoms with Gasteiger partial charge in [0.15, 0.2) is 0 Å². The molecule has 0 amide bonds. The molecule has 7 nitrogen and oxygen atoms in total. The second kappa shape index (κ2) is 6.46. The first-order valence-electron chi connectivity index (χ1n) is 6.90. The number of ketones is 1. The molecule has 0 aliphatic carbocycles. The third kappa shape index (κ3) is 4.47. The zero-order chi connectivity index (χ0) is 16.2. The van der Waals surface area contributed by atoms with Crippen LogP contribution in [-0.4, -0.2) is 37.6 Å². The van der Waals surface area contributed by atoms with Crippen LogP contribution in [0.3, 0.4) is 0 Å². The van der Waals surface area contributed by atoms with Crippen LogP contribution in [0.25, 0.3) is 0 Å². The van der Waals surface area contributed by atoms with Gasteiger partial charge in [0.05, 0.1) is 0 Å². The molecular formula is C15H18N4O3. The minimum atomic E-state index is -0.598. The van der Waals surface area contributed by atoms with Gasteiger partial charge in [0.1, 0.15) is 12.1 Å². The Bertz CT molecular complexity index is 659. The van der Waals surface area contributed by atoms with Crippen molar-refractivity contribution in [2.45, 2.75) is 39.3 Å². The molecule has 0 fully saturated rings. The maximum Gasteiger partial charge on any atom is 0.328 e. The lowest BCUT2D eigenvalue weighted by Crippen LogP contribution is -2.28. The Balaban J connectivity index is 2.06. The van der Waals surface area contributed by atoms with E-state index in [0.717, 1.165) is 5.56 Å². The molecule has 1 aromatic heterocycles. The van der Waals surface area contributed by atoms with Crippen LogP contribution in [0.1, 0.15) is 37.0 Å². The standard InChI is InChI=1S/C15H18N4O3/c1-15(2,3)22-13(21)10-19-14(16-17-18-19)12(20)9-11-7-5-4-6-8-11/h4-8H,9-10H2,1-3H3. The zero-order valence-electron chi connectivity index (χ0n) is 12.8. The van der Waals surface area contributed by atoms with E-state index >= 15 is 0 Å². The summed E-state index contributed by atoms with van der Waals surface area (Å²) >= 11 is 0. The van der Waals surface area contributed by atoms with Gasteiger partial charge in [-0.15, -0.1) is 5.10 Å². The molecule has 2 rings (SSSR count). The van der Waals surface area contributed by atoms with Gasteiger partial charge in [-0.3, -0.25) is 9.59 Å². The Labute approximate surface area is 128 Å². The molecule has 7 heteroatoms. The Kier molecular flexibility index (Phi) is 4.65. The number of ether oxygens (including phenoxy) is 1. The van der Waals surface area contributed by atoms with E-state index in [0.29, 0.717) is 0 Å². The second-order valence-corrected chi connectivity index (χ2v) is 5.83. The van der Waals surface area contributed by atoms with Crippen LogP contribution >= 0.6 is 0 Å². The molecule has 0 radical (unpaired) electrons. The van der Waals surface area contributed by atoms with Gasteiger partial charge in [-0.25, -0.2) is 4.68 Å². The number of rotatable bonds is 5. The van der Waals surface area contributed by atoms with Gasteiger partial charge in [-0.2, -0.15) is 0 Å². The fourth-order valence-corrected chi connectivity index (χ4v) is 1.87. The average Bonchev–Trinajstić information content (AvgIpc) is 2.85. The highest BCUT2D eigenvalue weighted by molar-refractivity contribution is 5.94. The van der Waals surface area contributed by atoms with Crippen molar-refractivity contribution in [2.24, 2.45) is 0 Å². The first-order chi connectivity index (χ1) is 10.3. The number of carbonyl (C=O) groups excluding carboxylic acids is 2. The summed E-state index contributed by atoms with van der Waals surface area (Å²) in [6.45, 7) is 5.12. The van der Waals surface area contributed by atoms with Gasteiger partial charge in [0, 0.05) is 6.42 Å². The predicted octanol–water partition coefficient (Wildman–Crippen LogP) is 1.44. The molecule has 0 aliphatic rings. The lowest BCUT2D eigenvalue weighted by Gasteiger charge is -2.19. The van der Waals surface area contributed by atoms with Crippen molar-refractivity contribution in [3.8, 4) is 0 Å². The van der Waals surface area contributed by atoms with E-state index in [-0.39, 0.29) is 24.6 Å². The van der Waals surface area contributed by atoms with Crippen molar-refractivity contribution in [1.82, 2.24) is 20.2 Å². The fraction of sp³-hybridized carbons (Fsp3) is 0.400. The largest absolute Gasteiger partial charge is 0.459 e. The Morgan fingerprint density at radius 1 is 1.18 bits per heavy atom. The minimum Gasteiger partial charge on any atom is -0.459 e. The van der Waals surface area contributed by atoms with Gasteiger partial charge in [-0.05, 0) is 36.8 Å². The summed E-state index contributed by atoms with van der Waals surface area (Å²) in [5.74, 6) is -0.692. The van der Waals surface area contributed by atoms with Crippen molar-refractivity contribution < 1.29 is 14.3 Å². The topological polar surface area (TPSA) is 87.0 Å². The number of Topliss-reactive ketones (excluding diaryl/α,β-unsaturated/α-hetero) is 1. The summed E-state index contributed by atoms with van der Waals surface area (Å²) in [6, 6.07) is 9.28. The lowest BCUT2D eigenvalue weighted by molar-refractivity contribution is -0.155. The summed E-state index contributed by atoms with van der Waals surface area (Å²) in [5.41, 5.74) is 0.263.